The summed E-state index contributed by atoms with van der Waals surface area (Å²) in [6.45, 7) is 3.16. The maximum atomic E-state index is 12.9. The first kappa shape index (κ1) is 22.9. The Morgan fingerprint density at radius 3 is 2.44 bits per heavy atom. The van der Waals surface area contributed by atoms with Crippen LogP contribution in [0.4, 0.5) is 5.69 Å². The highest BCUT2D eigenvalue weighted by molar-refractivity contribution is 6.10. The van der Waals surface area contributed by atoms with Crippen LogP contribution in [0.5, 0.6) is 5.75 Å². The highest BCUT2D eigenvalue weighted by atomic mass is 16.5. The number of amides is 1. The third kappa shape index (κ3) is 4.70. The van der Waals surface area contributed by atoms with Crippen LogP contribution in [0.1, 0.15) is 18.1 Å². The Morgan fingerprint density at radius 2 is 1.67 bits per heavy atom. The number of hydrogen-bond acceptors (Lipinski definition) is 3. The molecule has 5 heteroatoms. The average molecular weight is 472 g/mol. The molecule has 0 fully saturated rings. The third-order valence-corrected chi connectivity index (χ3v) is 6.13. The van der Waals surface area contributed by atoms with Gasteiger partial charge in [-0.2, -0.15) is 5.26 Å². The fourth-order valence-corrected chi connectivity index (χ4v) is 4.44. The van der Waals surface area contributed by atoms with E-state index in [0.29, 0.717) is 18.8 Å². The van der Waals surface area contributed by atoms with E-state index >= 15 is 0 Å². The zero-order valence-electron chi connectivity index (χ0n) is 19.9. The number of nitrogens with one attached hydrogen (secondary N) is 1. The molecule has 5 aromatic rings. The summed E-state index contributed by atoms with van der Waals surface area (Å²) in [5, 5.41) is 16.0. The molecule has 0 aliphatic carbocycles. The molecule has 0 radical (unpaired) electrons. The number of carbonyl (C=O) groups excluding carboxylic acids is 1. The fraction of sp³-hybridized carbons (Fsp3) is 0.0968. The van der Waals surface area contributed by atoms with Gasteiger partial charge in [-0.15, -0.1) is 0 Å². The molecule has 0 aliphatic heterocycles. The molecule has 0 atom stereocenters. The Morgan fingerprint density at radius 1 is 0.944 bits per heavy atom. The Bertz CT molecular complexity index is 1620. The Kier molecular flexibility index (Phi) is 6.51. The van der Waals surface area contributed by atoms with E-state index in [2.05, 4.69) is 58.4 Å². The summed E-state index contributed by atoms with van der Waals surface area (Å²) >= 11 is 0. The van der Waals surface area contributed by atoms with Gasteiger partial charge in [0.1, 0.15) is 17.4 Å². The van der Waals surface area contributed by atoms with Crippen molar-refractivity contribution in [1.29, 1.82) is 5.26 Å². The number of nitrogens with zero attached hydrogens (tertiary/aromatic N) is 2. The fourth-order valence-electron chi connectivity index (χ4n) is 4.44. The smallest absolute Gasteiger partial charge is 0.266 e. The van der Waals surface area contributed by atoms with E-state index in [-0.39, 0.29) is 5.57 Å². The first-order valence-corrected chi connectivity index (χ1v) is 11.9. The molecule has 1 heterocycles. The van der Waals surface area contributed by atoms with Crippen molar-refractivity contribution < 1.29 is 9.53 Å². The van der Waals surface area contributed by atoms with Gasteiger partial charge in [-0.1, -0.05) is 60.7 Å². The molecular formula is C31H25N3O2. The first-order chi connectivity index (χ1) is 17.7. The SMILES string of the molecule is CCOc1ccc(NC(=O)/C(C#N)=C\c2cn(Cc3cccc4ccccc34)c3ccccc23)cc1. The predicted molar refractivity (Wildman–Crippen MR) is 145 cm³/mol. The predicted octanol–water partition coefficient (Wildman–Crippen LogP) is 6.79. The number of nitriles is 1. The third-order valence-electron chi connectivity index (χ3n) is 6.13. The Labute approximate surface area is 209 Å². The van der Waals surface area contributed by atoms with E-state index in [0.717, 1.165) is 22.2 Å². The summed E-state index contributed by atoms with van der Waals surface area (Å²) in [5.41, 5.74) is 3.71. The molecule has 1 N–H and O–H groups in total. The molecule has 0 aliphatic rings. The molecule has 0 saturated carbocycles. The van der Waals surface area contributed by atoms with E-state index in [4.69, 9.17) is 4.74 Å². The van der Waals surface area contributed by atoms with Crippen LogP contribution >= 0.6 is 0 Å². The van der Waals surface area contributed by atoms with Crippen molar-refractivity contribution in [1.82, 2.24) is 4.57 Å². The Hall–Kier alpha value is -4.82. The van der Waals surface area contributed by atoms with E-state index in [9.17, 15) is 10.1 Å². The van der Waals surface area contributed by atoms with Gasteiger partial charge in [0.25, 0.3) is 5.91 Å². The average Bonchev–Trinajstić information content (AvgIpc) is 3.25. The maximum absolute atomic E-state index is 12.9. The largest absolute Gasteiger partial charge is 0.494 e. The lowest BCUT2D eigenvalue weighted by Gasteiger charge is -2.09. The van der Waals surface area contributed by atoms with Gasteiger partial charge in [-0.05, 0) is 59.7 Å². The minimum absolute atomic E-state index is 0.0388. The molecule has 0 saturated heterocycles. The molecule has 176 valence electrons. The molecule has 5 nitrogen and oxygen atoms in total. The number of hydrogen-bond donors (Lipinski definition) is 1. The molecule has 1 aromatic heterocycles. The van der Waals surface area contributed by atoms with Gasteiger partial charge >= 0.3 is 0 Å². The van der Waals surface area contributed by atoms with Crippen molar-refractivity contribution in [3.05, 3.63) is 114 Å². The highest BCUT2D eigenvalue weighted by Gasteiger charge is 2.14. The van der Waals surface area contributed by atoms with Crippen LogP contribution < -0.4 is 10.1 Å². The number of aromatic nitrogens is 1. The molecule has 0 unspecified atom stereocenters. The van der Waals surface area contributed by atoms with E-state index in [1.165, 1.54) is 16.3 Å². The van der Waals surface area contributed by atoms with E-state index < -0.39 is 5.91 Å². The first-order valence-electron chi connectivity index (χ1n) is 11.9. The summed E-state index contributed by atoms with van der Waals surface area (Å²) < 4.78 is 7.61. The minimum atomic E-state index is -0.451. The van der Waals surface area contributed by atoms with Crippen LogP contribution in [-0.4, -0.2) is 17.1 Å². The zero-order chi connectivity index (χ0) is 24.9. The van der Waals surface area contributed by atoms with Gasteiger partial charge in [0, 0.05) is 34.9 Å². The second kappa shape index (κ2) is 10.2. The van der Waals surface area contributed by atoms with E-state index in [1.807, 2.05) is 37.4 Å². The lowest BCUT2D eigenvalue weighted by atomic mass is 10.0. The molecule has 1 amide bonds. The lowest BCUT2D eigenvalue weighted by molar-refractivity contribution is -0.112. The van der Waals surface area contributed by atoms with Gasteiger partial charge in [0.15, 0.2) is 0 Å². The highest BCUT2D eigenvalue weighted by Crippen LogP contribution is 2.27. The number of ether oxygens (including phenoxy) is 1. The molecule has 36 heavy (non-hydrogen) atoms. The second-order valence-electron chi connectivity index (χ2n) is 8.45. The second-order valence-corrected chi connectivity index (χ2v) is 8.45. The van der Waals surface area contributed by atoms with Crippen LogP contribution in [0.3, 0.4) is 0 Å². The molecule has 4 aromatic carbocycles. The van der Waals surface area contributed by atoms with E-state index in [1.54, 1.807) is 30.3 Å². The van der Waals surface area contributed by atoms with Gasteiger partial charge in [0.2, 0.25) is 0 Å². The molecular weight excluding hydrogens is 446 g/mol. The number of carbonyl (C=O) groups is 1. The van der Waals surface area contributed by atoms with Crippen LogP contribution in [-0.2, 0) is 11.3 Å². The van der Waals surface area contributed by atoms with Gasteiger partial charge < -0.3 is 14.6 Å². The monoisotopic (exact) mass is 471 g/mol. The lowest BCUT2D eigenvalue weighted by Crippen LogP contribution is -2.13. The van der Waals surface area contributed by atoms with Crippen molar-refractivity contribution in [3.63, 3.8) is 0 Å². The molecule has 5 rings (SSSR count). The minimum Gasteiger partial charge on any atom is -0.494 e. The summed E-state index contributed by atoms with van der Waals surface area (Å²) in [7, 11) is 0. The standard InChI is InChI=1S/C31H25N3O2/c1-2-36-27-16-14-26(15-17-27)33-31(35)24(19-32)18-25-21-34(30-13-6-5-12-29(25)30)20-23-10-7-9-22-8-3-4-11-28(22)23/h3-18,21H,2,20H2,1H3,(H,33,35)/b24-18-. The van der Waals surface area contributed by atoms with Crippen molar-refractivity contribution in [2.75, 3.05) is 11.9 Å². The number of fused-ring (bicyclic) bond motifs is 2. The van der Waals surface area contributed by atoms with Crippen molar-refractivity contribution in [2.24, 2.45) is 0 Å². The van der Waals surface area contributed by atoms with Crippen molar-refractivity contribution in [2.45, 2.75) is 13.5 Å². The summed E-state index contributed by atoms with van der Waals surface area (Å²) in [6.07, 6.45) is 3.67. The van der Waals surface area contributed by atoms with Crippen LogP contribution in [0.15, 0.2) is 103 Å². The number of para-hydroxylation sites is 1. The maximum Gasteiger partial charge on any atom is 0.266 e. The summed E-state index contributed by atoms with van der Waals surface area (Å²) in [5.74, 6) is 0.276. The van der Waals surface area contributed by atoms with Gasteiger partial charge in [-0.3, -0.25) is 4.79 Å². The quantitative estimate of drug-likeness (QED) is 0.210. The molecule has 0 spiro atoms. The molecule has 0 bridgehead atoms. The zero-order valence-corrected chi connectivity index (χ0v) is 19.9. The summed E-state index contributed by atoms with van der Waals surface area (Å²) in [4.78, 5) is 12.9. The van der Waals surface area contributed by atoms with Crippen LogP contribution in [0.2, 0.25) is 0 Å². The van der Waals surface area contributed by atoms with Gasteiger partial charge in [-0.25, -0.2) is 0 Å². The topological polar surface area (TPSA) is 67.0 Å². The number of rotatable bonds is 7. The van der Waals surface area contributed by atoms with Crippen molar-refractivity contribution >= 4 is 39.3 Å². The summed E-state index contributed by atoms with van der Waals surface area (Å²) in [6, 6.07) is 31.9. The Balaban J connectivity index is 1.46. The van der Waals surface area contributed by atoms with Gasteiger partial charge in [0.05, 0.1) is 6.61 Å². The normalized spacial score (nSPS) is 11.4. The number of anilines is 1. The number of benzene rings is 4. The van der Waals surface area contributed by atoms with Crippen LogP contribution in [0.25, 0.3) is 27.8 Å². The van der Waals surface area contributed by atoms with Crippen LogP contribution in [0, 0.1) is 11.3 Å². The van der Waals surface area contributed by atoms with Crippen molar-refractivity contribution in [3.8, 4) is 11.8 Å².